The third kappa shape index (κ3) is 4.23. The van der Waals surface area contributed by atoms with Crippen LogP contribution in [0.5, 0.6) is 11.5 Å². The minimum Gasteiger partial charge on any atom is -0.493 e. The largest absolute Gasteiger partial charge is 0.493 e. The van der Waals surface area contributed by atoms with Crippen molar-refractivity contribution in [2.75, 3.05) is 26.8 Å². The smallest absolute Gasteiger partial charge is 0.197 e. The second-order valence-electron chi connectivity index (χ2n) is 9.44. The lowest BCUT2D eigenvalue weighted by molar-refractivity contribution is -0.149. The van der Waals surface area contributed by atoms with Crippen molar-refractivity contribution < 1.29 is 28.1 Å². The molecule has 0 aromatic heterocycles. The summed E-state index contributed by atoms with van der Waals surface area (Å²) < 4.78 is 45.5. The molecule has 5 nitrogen and oxygen atoms in total. The highest BCUT2D eigenvalue weighted by Crippen LogP contribution is 2.45. The van der Waals surface area contributed by atoms with Gasteiger partial charge in [0.15, 0.2) is 17.3 Å². The monoisotopic (exact) mass is 411 g/mol. The summed E-state index contributed by atoms with van der Waals surface area (Å²) in [6.45, 7) is 7.38. The van der Waals surface area contributed by atoms with E-state index in [0.717, 1.165) is 5.56 Å². The molecule has 0 amide bonds. The van der Waals surface area contributed by atoms with Crippen molar-refractivity contribution in [2.45, 2.75) is 70.1 Å². The van der Waals surface area contributed by atoms with Gasteiger partial charge in [0.25, 0.3) is 0 Å². The molecule has 2 fully saturated rings. The number of halogens is 2. The third-order valence-corrected chi connectivity index (χ3v) is 6.08. The summed E-state index contributed by atoms with van der Waals surface area (Å²) in [4.78, 5) is 2.25. The van der Waals surface area contributed by atoms with Gasteiger partial charge in [0.05, 0.1) is 31.5 Å². The number of benzene rings is 1. The number of hydrogen-bond donors (Lipinski definition) is 1. The predicted octanol–water partition coefficient (Wildman–Crippen LogP) is 3.42. The van der Waals surface area contributed by atoms with Gasteiger partial charge in [0.1, 0.15) is 6.17 Å². The van der Waals surface area contributed by atoms with E-state index in [1.807, 2.05) is 26.8 Å². The van der Waals surface area contributed by atoms with Crippen LogP contribution in [0, 0.1) is 11.7 Å². The van der Waals surface area contributed by atoms with Crippen molar-refractivity contribution in [1.82, 2.24) is 4.90 Å². The molecule has 1 saturated heterocycles. The molecule has 5 atom stereocenters. The van der Waals surface area contributed by atoms with Gasteiger partial charge in [-0.25, -0.2) is 8.78 Å². The van der Waals surface area contributed by atoms with E-state index in [4.69, 9.17) is 14.2 Å². The summed E-state index contributed by atoms with van der Waals surface area (Å²) in [6.07, 6.45) is -0.241. The second kappa shape index (κ2) is 7.67. The van der Waals surface area contributed by atoms with Crippen LogP contribution in [0.3, 0.4) is 0 Å². The Morgan fingerprint density at radius 1 is 1.28 bits per heavy atom. The van der Waals surface area contributed by atoms with Crippen LogP contribution in [0.4, 0.5) is 8.78 Å². The van der Waals surface area contributed by atoms with Crippen molar-refractivity contribution in [3.05, 3.63) is 23.0 Å². The van der Waals surface area contributed by atoms with Crippen LogP contribution in [-0.4, -0.2) is 60.8 Å². The maximum absolute atomic E-state index is 15.3. The number of hydrogen-bond acceptors (Lipinski definition) is 5. The number of alkyl halides is 1. The van der Waals surface area contributed by atoms with Crippen molar-refractivity contribution >= 4 is 0 Å². The Kier molecular flexibility index (Phi) is 5.51. The van der Waals surface area contributed by atoms with Crippen molar-refractivity contribution in [3.8, 4) is 11.5 Å². The molecule has 2 heterocycles. The Hall–Kier alpha value is -1.44. The van der Waals surface area contributed by atoms with Crippen LogP contribution in [0.2, 0.25) is 0 Å². The highest BCUT2D eigenvalue weighted by Gasteiger charge is 2.42. The molecule has 0 bridgehead atoms. The van der Waals surface area contributed by atoms with E-state index >= 15 is 4.39 Å². The van der Waals surface area contributed by atoms with E-state index in [1.165, 1.54) is 7.11 Å². The lowest BCUT2D eigenvalue weighted by Gasteiger charge is -2.46. The summed E-state index contributed by atoms with van der Waals surface area (Å²) in [5.41, 5.74) is 1.10. The first kappa shape index (κ1) is 20.8. The van der Waals surface area contributed by atoms with Gasteiger partial charge < -0.3 is 19.3 Å². The molecule has 3 aliphatic rings. The van der Waals surface area contributed by atoms with Crippen LogP contribution >= 0.6 is 0 Å². The van der Waals surface area contributed by atoms with Crippen molar-refractivity contribution in [3.63, 3.8) is 0 Å². The summed E-state index contributed by atoms with van der Waals surface area (Å²) in [7, 11) is 1.48. The molecule has 0 unspecified atom stereocenters. The highest BCUT2D eigenvalue weighted by atomic mass is 19.1. The number of aliphatic hydroxyl groups is 1. The summed E-state index contributed by atoms with van der Waals surface area (Å²) in [5, 5.41) is 10.7. The van der Waals surface area contributed by atoms with E-state index in [2.05, 4.69) is 4.90 Å². The summed E-state index contributed by atoms with van der Waals surface area (Å²) in [5.74, 6) is -0.178. The molecule has 1 N–H and O–H groups in total. The van der Waals surface area contributed by atoms with Gasteiger partial charge in [0, 0.05) is 25.0 Å². The zero-order valence-electron chi connectivity index (χ0n) is 17.6. The van der Waals surface area contributed by atoms with E-state index in [-0.39, 0.29) is 36.0 Å². The van der Waals surface area contributed by atoms with E-state index < -0.39 is 18.1 Å². The normalized spacial score (nSPS) is 31.8. The molecule has 7 heteroatoms. The lowest BCUT2D eigenvalue weighted by Crippen LogP contribution is -2.53. The Morgan fingerprint density at radius 2 is 2.00 bits per heavy atom. The number of fused-ring (bicyclic) bond motifs is 3. The summed E-state index contributed by atoms with van der Waals surface area (Å²) >= 11 is 0. The Bertz CT molecular complexity index is 766. The third-order valence-electron chi connectivity index (χ3n) is 6.08. The summed E-state index contributed by atoms with van der Waals surface area (Å²) in [6, 6.07) is 1.73. The molecule has 162 valence electrons. The molecule has 1 aromatic carbocycles. The molecule has 0 radical (unpaired) electrons. The number of nitrogens with zero attached hydrogens (tertiary/aromatic N) is 1. The van der Waals surface area contributed by atoms with Crippen LogP contribution in [0.25, 0.3) is 0 Å². The molecule has 2 aliphatic heterocycles. The van der Waals surface area contributed by atoms with Crippen LogP contribution in [0.15, 0.2) is 6.07 Å². The quantitative estimate of drug-likeness (QED) is 0.805. The van der Waals surface area contributed by atoms with Crippen LogP contribution < -0.4 is 9.47 Å². The maximum Gasteiger partial charge on any atom is 0.197 e. The molecule has 1 aromatic rings. The Balaban J connectivity index is 1.57. The molecular weight excluding hydrogens is 380 g/mol. The number of ether oxygens (including phenoxy) is 3. The topological polar surface area (TPSA) is 51.2 Å². The SMILES string of the molecule is COc1cc2c(c(F)c1OC[C@H]1C[C@@H]1F)CCN1C[C@@H](OC(C)(C)C)[C@H](O)C[C@H]21. The number of methoxy groups -OCH3 is 1. The molecule has 0 spiro atoms. The van der Waals surface area contributed by atoms with Gasteiger partial charge in [-0.05, 0) is 57.2 Å². The first-order valence-electron chi connectivity index (χ1n) is 10.4. The minimum absolute atomic E-state index is 0.0732. The van der Waals surface area contributed by atoms with E-state index in [0.29, 0.717) is 43.7 Å². The minimum atomic E-state index is -0.845. The van der Waals surface area contributed by atoms with Crippen LogP contribution in [0.1, 0.15) is 50.8 Å². The lowest BCUT2D eigenvalue weighted by atomic mass is 9.84. The first-order chi connectivity index (χ1) is 13.7. The maximum atomic E-state index is 15.3. The fraction of sp³-hybridized carbons (Fsp3) is 0.727. The van der Waals surface area contributed by atoms with Gasteiger partial charge in [-0.3, -0.25) is 4.90 Å². The van der Waals surface area contributed by atoms with Gasteiger partial charge in [-0.15, -0.1) is 0 Å². The average molecular weight is 411 g/mol. The molecule has 1 saturated carbocycles. The number of rotatable bonds is 5. The van der Waals surface area contributed by atoms with E-state index in [9.17, 15) is 9.50 Å². The van der Waals surface area contributed by atoms with E-state index in [1.54, 1.807) is 0 Å². The molecule has 29 heavy (non-hydrogen) atoms. The fourth-order valence-electron chi connectivity index (χ4n) is 4.48. The number of aliphatic hydroxyl groups excluding tert-OH is 1. The van der Waals surface area contributed by atoms with Gasteiger partial charge in [0.2, 0.25) is 0 Å². The van der Waals surface area contributed by atoms with Crippen LogP contribution in [-0.2, 0) is 11.2 Å². The first-order valence-corrected chi connectivity index (χ1v) is 10.4. The Morgan fingerprint density at radius 3 is 2.62 bits per heavy atom. The second-order valence-corrected chi connectivity index (χ2v) is 9.44. The van der Waals surface area contributed by atoms with Crippen molar-refractivity contribution in [1.29, 1.82) is 0 Å². The van der Waals surface area contributed by atoms with Gasteiger partial charge in [-0.1, -0.05) is 0 Å². The van der Waals surface area contributed by atoms with Gasteiger partial charge >= 0.3 is 0 Å². The van der Waals surface area contributed by atoms with Crippen molar-refractivity contribution in [2.24, 2.45) is 5.92 Å². The molecule has 4 rings (SSSR count). The Labute approximate surface area is 170 Å². The number of piperidine rings is 1. The standard InChI is InChI=1S/C22H31F2NO4/c1-22(2,3)29-19-10-25-6-5-13-14(16(25)9-17(19)26)8-18(27-4)21(20(13)24)28-11-12-7-15(12)23/h8,12,15-17,19,26H,5-7,9-11H2,1-4H3/t12-,15+,16-,17-,19-/m1/s1. The molecule has 1 aliphatic carbocycles. The fourth-order valence-corrected chi connectivity index (χ4v) is 4.48. The highest BCUT2D eigenvalue weighted by molar-refractivity contribution is 5.51. The predicted molar refractivity (Wildman–Crippen MR) is 105 cm³/mol. The zero-order valence-corrected chi connectivity index (χ0v) is 17.6. The van der Waals surface area contributed by atoms with Gasteiger partial charge in [-0.2, -0.15) is 0 Å². The zero-order chi connectivity index (χ0) is 20.9. The average Bonchev–Trinajstić information content (AvgIpc) is 3.35. The molecular formula is C22H31F2NO4.